The maximum Gasteiger partial charge on any atom is 0.160 e. The van der Waals surface area contributed by atoms with E-state index in [2.05, 4.69) is 43.4 Å². The largest absolute Gasteiger partial charge is 0.504 e. The van der Waals surface area contributed by atoms with Crippen LogP contribution in [0.1, 0.15) is 31.0 Å². The number of phenolic OH excluding ortho intramolecular Hbond substituents is 1. The molecular weight excluding hydrogens is 262 g/mol. The van der Waals surface area contributed by atoms with E-state index in [0.29, 0.717) is 11.8 Å². The van der Waals surface area contributed by atoms with Crippen molar-refractivity contribution < 1.29 is 9.84 Å². The molecule has 21 heavy (non-hydrogen) atoms. The summed E-state index contributed by atoms with van der Waals surface area (Å²) in [6.45, 7) is 4.30. The van der Waals surface area contributed by atoms with Crippen molar-refractivity contribution in [3.8, 4) is 11.5 Å². The summed E-state index contributed by atoms with van der Waals surface area (Å²) in [5.74, 6) is 0.683. The highest BCUT2D eigenvalue weighted by atomic mass is 16.5. The van der Waals surface area contributed by atoms with E-state index in [4.69, 9.17) is 4.74 Å². The van der Waals surface area contributed by atoms with Gasteiger partial charge in [0.15, 0.2) is 11.5 Å². The molecule has 0 spiro atoms. The Morgan fingerprint density at radius 1 is 1.10 bits per heavy atom. The van der Waals surface area contributed by atoms with Crippen LogP contribution in [0.3, 0.4) is 0 Å². The molecule has 2 rings (SSSR count). The Hall–Kier alpha value is -2.00. The number of methoxy groups -OCH3 is 1. The van der Waals surface area contributed by atoms with Crippen molar-refractivity contribution in [1.29, 1.82) is 0 Å². The second-order valence-corrected chi connectivity index (χ2v) is 5.41. The minimum atomic E-state index is 0.172. The van der Waals surface area contributed by atoms with Gasteiger partial charge in [-0.15, -0.1) is 0 Å². The lowest BCUT2D eigenvalue weighted by molar-refractivity contribution is 0.371. The molecule has 0 aliphatic heterocycles. The molecule has 0 aliphatic carbocycles. The van der Waals surface area contributed by atoms with E-state index < -0.39 is 0 Å². The van der Waals surface area contributed by atoms with Gasteiger partial charge in [0.05, 0.1) is 7.11 Å². The van der Waals surface area contributed by atoms with E-state index >= 15 is 0 Å². The van der Waals surface area contributed by atoms with Crippen LogP contribution in [-0.2, 0) is 6.42 Å². The smallest absolute Gasteiger partial charge is 0.160 e. The molecule has 0 saturated heterocycles. The van der Waals surface area contributed by atoms with Gasteiger partial charge in [0.2, 0.25) is 0 Å². The maximum atomic E-state index is 9.65. The number of phenols is 1. The predicted octanol–water partition coefficient (Wildman–Crippen LogP) is 3.68. The van der Waals surface area contributed by atoms with Gasteiger partial charge in [-0.3, -0.25) is 0 Å². The fourth-order valence-electron chi connectivity index (χ4n) is 2.51. The third kappa shape index (κ3) is 4.23. The summed E-state index contributed by atoms with van der Waals surface area (Å²) in [6.07, 6.45) is 0.987. The molecule has 2 unspecified atom stereocenters. The standard InChI is InChI=1S/C18H23NO2/c1-13(11-15-7-5-4-6-8-15)19-14(2)16-9-10-17(20)18(12-16)21-3/h4-10,12-14,19-20H,11H2,1-3H3. The zero-order valence-electron chi connectivity index (χ0n) is 12.8. The Morgan fingerprint density at radius 3 is 2.48 bits per heavy atom. The van der Waals surface area contributed by atoms with Crippen molar-refractivity contribution >= 4 is 0 Å². The molecule has 0 heterocycles. The van der Waals surface area contributed by atoms with Gasteiger partial charge in [0, 0.05) is 12.1 Å². The van der Waals surface area contributed by atoms with Gasteiger partial charge < -0.3 is 15.2 Å². The van der Waals surface area contributed by atoms with Crippen LogP contribution in [0.2, 0.25) is 0 Å². The molecule has 0 bridgehead atoms. The van der Waals surface area contributed by atoms with Gasteiger partial charge in [-0.1, -0.05) is 36.4 Å². The highest BCUT2D eigenvalue weighted by Crippen LogP contribution is 2.29. The van der Waals surface area contributed by atoms with Gasteiger partial charge in [-0.2, -0.15) is 0 Å². The number of benzene rings is 2. The van der Waals surface area contributed by atoms with Crippen molar-refractivity contribution in [3.05, 3.63) is 59.7 Å². The number of rotatable bonds is 6. The average molecular weight is 285 g/mol. The second kappa shape index (κ2) is 7.14. The number of ether oxygens (including phenoxy) is 1. The van der Waals surface area contributed by atoms with E-state index in [-0.39, 0.29) is 11.8 Å². The van der Waals surface area contributed by atoms with Crippen molar-refractivity contribution in [1.82, 2.24) is 5.32 Å². The topological polar surface area (TPSA) is 41.5 Å². The lowest BCUT2D eigenvalue weighted by Crippen LogP contribution is -2.30. The molecule has 0 fully saturated rings. The van der Waals surface area contributed by atoms with Crippen LogP contribution in [0.4, 0.5) is 0 Å². The monoisotopic (exact) mass is 285 g/mol. The molecule has 3 heteroatoms. The Bertz CT molecular complexity index is 569. The van der Waals surface area contributed by atoms with Crippen molar-refractivity contribution in [3.63, 3.8) is 0 Å². The summed E-state index contributed by atoms with van der Waals surface area (Å²) in [7, 11) is 1.56. The zero-order valence-corrected chi connectivity index (χ0v) is 12.8. The van der Waals surface area contributed by atoms with Gasteiger partial charge in [0.1, 0.15) is 0 Å². The molecular formula is C18H23NO2. The lowest BCUT2D eigenvalue weighted by atomic mass is 10.0. The van der Waals surface area contributed by atoms with Crippen LogP contribution >= 0.6 is 0 Å². The van der Waals surface area contributed by atoms with Crippen LogP contribution < -0.4 is 10.1 Å². The minimum absolute atomic E-state index is 0.172. The average Bonchev–Trinajstić information content (AvgIpc) is 2.48. The fourth-order valence-corrected chi connectivity index (χ4v) is 2.51. The van der Waals surface area contributed by atoms with E-state index in [0.717, 1.165) is 12.0 Å². The molecule has 0 radical (unpaired) electrons. The van der Waals surface area contributed by atoms with E-state index in [1.54, 1.807) is 13.2 Å². The third-order valence-electron chi connectivity index (χ3n) is 3.62. The van der Waals surface area contributed by atoms with E-state index in [9.17, 15) is 5.11 Å². The van der Waals surface area contributed by atoms with E-state index in [1.807, 2.05) is 18.2 Å². The van der Waals surface area contributed by atoms with Crippen LogP contribution in [0.5, 0.6) is 11.5 Å². The normalized spacial score (nSPS) is 13.7. The van der Waals surface area contributed by atoms with Gasteiger partial charge in [-0.25, -0.2) is 0 Å². The van der Waals surface area contributed by atoms with Crippen molar-refractivity contribution in [2.75, 3.05) is 7.11 Å². The third-order valence-corrected chi connectivity index (χ3v) is 3.62. The Balaban J connectivity index is 1.99. The minimum Gasteiger partial charge on any atom is -0.504 e. The zero-order chi connectivity index (χ0) is 15.2. The summed E-state index contributed by atoms with van der Waals surface area (Å²) in [6, 6.07) is 16.5. The van der Waals surface area contributed by atoms with Crippen LogP contribution in [-0.4, -0.2) is 18.3 Å². The van der Waals surface area contributed by atoms with Crippen molar-refractivity contribution in [2.45, 2.75) is 32.4 Å². The van der Waals surface area contributed by atoms with Gasteiger partial charge in [0.25, 0.3) is 0 Å². The summed E-state index contributed by atoms with van der Waals surface area (Å²) in [5.41, 5.74) is 2.43. The van der Waals surface area contributed by atoms with Crippen LogP contribution in [0, 0.1) is 0 Å². The van der Waals surface area contributed by atoms with Gasteiger partial charge in [-0.05, 0) is 43.5 Å². The summed E-state index contributed by atoms with van der Waals surface area (Å²) in [5, 5.41) is 13.2. The molecule has 0 aromatic heterocycles. The predicted molar refractivity (Wildman–Crippen MR) is 85.8 cm³/mol. The SMILES string of the molecule is COc1cc(C(C)NC(C)Cc2ccccc2)ccc1O. The first-order valence-electron chi connectivity index (χ1n) is 7.27. The molecule has 2 aromatic carbocycles. The Kier molecular flexibility index (Phi) is 5.23. The highest BCUT2D eigenvalue weighted by Gasteiger charge is 2.12. The number of nitrogens with one attached hydrogen (secondary N) is 1. The second-order valence-electron chi connectivity index (χ2n) is 5.41. The van der Waals surface area contributed by atoms with E-state index in [1.165, 1.54) is 5.56 Å². The van der Waals surface area contributed by atoms with Crippen molar-refractivity contribution in [2.24, 2.45) is 0 Å². The molecule has 0 saturated carbocycles. The summed E-state index contributed by atoms with van der Waals surface area (Å²) < 4.78 is 5.16. The summed E-state index contributed by atoms with van der Waals surface area (Å²) >= 11 is 0. The maximum absolute atomic E-state index is 9.65. The first kappa shape index (κ1) is 15.4. The quantitative estimate of drug-likeness (QED) is 0.850. The molecule has 3 nitrogen and oxygen atoms in total. The first-order chi connectivity index (χ1) is 10.1. The number of aromatic hydroxyl groups is 1. The lowest BCUT2D eigenvalue weighted by Gasteiger charge is -2.21. The van der Waals surface area contributed by atoms with Crippen LogP contribution in [0.15, 0.2) is 48.5 Å². The number of hydrogen-bond acceptors (Lipinski definition) is 3. The summed E-state index contributed by atoms with van der Waals surface area (Å²) in [4.78, 5) is 0. The molecule has 0 amide bonds. The molecule has 0 aliphatic rings. The van der Waals surface area contributed by atoms with Gasteiger partial charge >= 0.3 is 0 Å². The molecule has 2 aromatic rings. The molecule has 112 valence electrons. The number of hydrogen-bond donors (Lipinski definition) is 2. The Labute approximate surface area is 126 Å². The Morgan fingerprint density at radius 2 is 1.81 bits per heavy atom. The molecule has 2 N–H and O–H groups in total. The fraction of sp³-hybridized carbons (Fsp3) is 0.333. The van der Waals surface area contributed by atoms with Crippen LogP contribution in [0.25, 0.3) is 0 Å². The molecule has 2 atom stereocenters. The highest BCUT2D eigenvalue weighted by molar-refractivity contribution is 5.42. The first-order valence-corrected chi connectivity index (χ1v) is 7.27.